The molecule has 0 radical (unpaired) electrons. The van der Waals surface area contributed by atoms with E-state index in [2.05, 4.69) is 5.32 Å². The number of aromatic nitrogens is 1. The summed E-state index contributed by atoms with van der Waals surface area (Å²) in [5, 5.41) is 2.86. The number of hydrogen-bond acceptors (Lipinski definition) is 2. The lowest BCUT2D eigenvalue weighted by atomic mass is 10.3. The van der Waals surface area contributed by atoms with Gasteiger partial charge in [-0.25, -0.2) is 4.79 Å². The van der Waals surface area contributed by atoms with Crippen molar-refractivity contribution >= 4 is 11.7 Å². The number of rotatable bonds is 3. The number of hydrogen-bond donors (Lipinski definition) is 1. The second kappa shape index (κ2) is 5.51. The molecule has 0 aliphatic heterocycles. The molecule has 1 aromatic heterocycles. The van der Waals surface area contributed by atoms with Gasteiger partial charge in [0.15, 0.2) is 0 Å². The minimum Gasteiger partial charge on any atom is -0.307 e. The maximum absolute atomic E-state index is 12.1. The number of amides is 1. The molecule has 1 aromatic carbocycles. The number of anilines is 1. The molecular weight excluding hydrogens is 226 g/mol. The first kappa shape index (κ1) is 12.4. The summed E-state index contributed by atoms with van der Waals surface area (Å²) < 4.78 is 1.63. The van der Waals surface area contributed by atoms with Crippen LogP contribution >= 0.6 is 0 Å². The molecule has 0 spiro atoms. The quantitative estimate of drug-likeness (QED) is 0.899. The lowest BCUT2D eigenvalue weighted by molar-refractivity contribution is 0.252. The Morgan fingerprint density at radius 1 is 1.17 bits per heavy atom. The molecule has 1 heterocycles. The van der Waals surface area contributed by atoms with Crippen molar-refractivity contribution in [3.05, 3.63) is 54.4 Å². The smallest absolute Gasteiger partial charge is 0.307 e. The van der Waals surface area contributed by atoms with Crippen molar-refractivity contribution in [1.29, 1.82) is 0 Å². The minimum absolute atomic E-state index is 0.136. The van der Waals surface area contributed by atoms with Crippen LogP contribution < -0.4 is 5.32 Å². The third-order valence-corrected chi connectivity index (χ3v) is 2.56. The maximum Gasteiger partial charge on any atom is 0.330 e. The first-order valence-electron chi connectivity index (χ1n) is 5.84. The zero-order chi connectivity index (χ0) is 13.0. The van der Waals surface area contributed by atoms with Crippen molar-refractivity contribution in [2.24, 2.45) is 0 Å². The second-order valence-electron chi connectivity index (χ2n) is 4.40. The van der Waals surface area contributed by atoms with Gasteiger partial charge in [-0.1, -0.05) is 18.2 Å². The van der Waals surface area contributed by atoms with Crippen molar-refractivity contribution < 1.29 is 4.79 Å². The number of nitrogens with zero attached hydrogens (tertiary/aromatic N) is 2. The summed E-state index contributed by atoms with van der Waals surface area (Å²) in [6.45, 7) is 0.731. The first-order valence-corrected chi connectivity index (χ1v) is 5.84. The third-order valence-electron chi connectivity index (χ3n) is 2.56. The van der Waals surface area contributed by atoms with E-state index in [0.29, 0.717) is 0 Å². The molecule has 1 N–H and O–H groups in total. The normalized spacial score (nSPS) is 10.6. The predicted molar refractivity (Wildman–Crippen MR) is 72.7 cm³/mol. The Balaban J connectivity index is 2.12. The van der Waals surface area contributed by atoms with Crippen LogP contribution in [0.3, 0.4) is 0 Å². The van der Waals surface area contributed by atoms with Crippen molar-refractivity contribution in [3.8, 4) is 0 Å². The van der Waals surface area contributed by atoms with Gasteiger partial charge in [-0.3, -0.25) is 4.57 Å². The summed E-state index contributed by atoms with van der Waals surface area (Å²) >= 11 is 0. The van der Waals surface area contributed by atoms with E-state index < -0.39 is 0 Å². The van der Waals surface area contributed by atoms with Gasteiger partial charge in [0, 0.05) is 24.1 Å². The van der Waals surface area contributed by atoms with Crippen LogP contribution in [-0.4, -0.2) is 29.6 Å². The highest BCUT2D eigenvalue weighted by atomic mass is 16.2. The molecule has 0 bridgehead atoms. The molecule has 0 aliphatic carbocycles. The van der Waals surface area contributed by atoms with Crippen LogP contribution in [-0.2, 0) is 6.54 Å². The highest BCUT2D eigenvalue weighted by Crippen LogP contribution is 2.09. The number of carbonyl (C=O) groups excluding carboxylic acids is 1. The highest BCUT2D eigenvalue weighted by molar-refractivity contribution is 5.91. The zero-order valence-corrected chi connectivity index (χ0v) is 10.6. The molecule has 4 heteroatoms. The molecule has 0 fully saturated rings. The van der Waals surface area contributed by atoms with Crippen molar-refractivity contribution in [1.82, 2.24) is 9.47 Å². The van der Waals surface area contributed by atoms with Gasteiger partial charge in [0.2, 0.25) is 0 Å². The predicted octanol–water partition coefficient (Wildman–Crippen LogP) is 2.63. The molecule has 0 unspecified atom stereocenters. The number of para-hydroxylation sites is 1. The maximum atomic E-state index is 12.1. The summed E-state index contributed by atoms with van der Waals surface area (Å²) in [6.07, 6.45) is 1.77. The molecule has 1 amide bonds. The fraction of sp³-hybridized carbons (Fsp3) is 0.214. The SMILES string of the molecule is CN(C)Cc1cccn1C(=O)Nc1ccccc1. The summed E-state index contributed by atoms with van der Waals surface area (Å²) in [6, 6.07) is 13.1. The molecule has 94 valence electrons. The van der Waals surface area contributed by atoms with Crippen LogP contribution in [0, 0.1) is 0 Å². The lowest BCUT2D eigenvalue weighted by Crippen LogP contribution is -2.23. The Labute approximate surface area is 107 Å². The van der Waals surface area contributed by atoms with Crippen LogP contribution in [0.5, 0.6) is 0 Å². The standard InChI is InChI=1S/C14H17N3O/c1-16(2)11-13-9-6-10-17(13)14(18)15-12-7-4-3-5-8-12/h3-10H,11H2,1-2H3,(H,15,18). The van der Waals surface area contributed by atoms with Gasteiger partial charge in [-0.2, -0.15) is 0 Å². The van der Waals surface area contributed by atoms with Crippen molar-refractivity contribution in [2.45, 2.75) is 6.54 Å². The number of nitrogens with one attached hydrogen (secondary N) is 1. The molecule has 0 aliphatic rings. The van der Waals surface area contributed by atoms with Crippen molar-refractivity contribution in [2.75, 3.05) is 19.4 Å². The summed E-state index contributed by atoms with van der Waals surface area (Å²) in [7, 11) is 3.96. The van der Waals surface area contributed by atoms with Gasteiger partial charge >= 0.3 is 6.03 Å². The van der Waals surface area contributed by atoms with E-state index in [4.69, 9.17) is 0 Å². The molecule has 0 saturated heterocycles. The van der Waals surface area contributed by atoms with E-state index in [9.17, 15) is 4.79 Å². The van der Waals surface area contributed by atoms with Gasteiger partial charge in [0.1, 0.15) is 0 Å². The van der Waals surface area contributed by atoms with Gasteiger partial charge in [-0.05, 0) is 38.4 Å². The van der Waals surface area contributed by atoms with Crippen LogP contribution in [0.4, 0.5) is 10.5 Å². The zero-order valence-electron chi connectivity index (χ0n) is 10.6. The summed E-state index contributed by atoms with van der Waals surface area (Å²) in [5.41, 5.74) is 1.76. The van der Waals surface area contributed by atoms with E-state index in [1.807, 2.05) is 61.5 Å². The first-order chi connectivity index (χ1) is 8.66. The molecular formula is C14H17N3O. The third kappa shape index (κ3) is 2.99. The molecule has 0 saturated carbocycles. The molecule has 0 atom stereocenters. The summed E-state index contributed by atoms with van der Waals surface area (Å²) in [5.74, 6) is 0. The van der Waals surface area contributed by atoms with Gasteiger partial charge in [0.05, 0.1) is 0 Å². The molecule has 2 rings (SSSR count). The number of carbonyl (C=O) groups is 1. The van der Waals surface area contributed by atoms with Gasteiger partial charge < -0.3 is 10.2 Å². The van der Waals surface area contributed by atoms with E-state index in [1.165, 1.54) is 0 Å². The Hall–Kier alpha value is -2.07. The highest BCUT2D eigenvalue weighted by Gasteiger charge is 2.09. The monoisotopic (exact) mass is 243 g/mol. The second-order valence-corrected chi connectivity index (χ2v) is 4.40. The van der Waals surface area contributed by atoms with E-state index >= 15 is 0 Å². The lowest BCUT2D eigenvalue weighted by Gasteiger charge is -2.13. The van der Waals surface area contributed by atoms with Crippen molar-refractivity contribution in [3.63, 3.8) is 0 Å². The van der Waals surface area contributed by atoms with Crippen LogP contribution in [0.25, 0.3) is 0 Å². The Morgan fingerprint density at radius 2 is 1.89 bits per heavy atom. The topological polar surface area (TPSA) is 37.3 Å². The van der Waals surface area contributed by atoms with E-state index in [-0.39, 0.29) is 6.03 Å². The minimum atomic E-state index is -0.136. The average molecular weight is 243 g/mol. The van der Waals surface area contributed by atoms with Crippen LogP contribution in [0.1, 0.15) is 5.69 Å². The Bertz CT molecular complexity index is 517. The number of benzene rings is 1. The molecule has 4 nitrogen and oxygen atoms in total. The van der Waals surface area contributed by atoms with E-state index in [0.717, 1.165) is 17.9 Å². The summed E-state index contributed by atoms with van der Waals surface area (Å²) in [4.78, 5) is 14.1. The van der Waals surface area contributed by atoms with Crippen LogP contribution in [0.15, 0.2) is 48.7 Å². The largest absolute Gasteiger partial charge is 0.330 e. The Kier molecular flexibility index (Phi) is 3.79. The fourth-order valence-electron chi connectivity index (χ4n) is 1.77. The van der Waals surface area contributed by atoms with E-state index in [1.54, 1.807) is 10.8 Å². The average Bonchev–Trinajstić information content (AvgIpc) is 2.77. The van der Waals surface area contributed by atoms with Gasteiger partial charge in [-0.15, -0.1) is 0 Å². The fourth-order valence-corrected chi connectivity index (χ4v) is 1.77. The van der Waals surface area contributed by atoms with Crippen LogP contribution in [0.2, 0.25) is 0 Å². The molecule has 18 heavy (non-hydrogen) atoms. The molecule has 2 aromatic rings. The Morgan fingerprint density at radius 3 is 2.56 bits per heavy atom. The van der Waals surface area contributed by atoms with Gasteiger partial charge in [0.25, 0.3) is 0 Å².